The molecular weight excluding hydrogens is 254 g/mol. The van der Waals surface area contributed by atoms with Crippen molar-refractivity contribution in [2.45, 2.75) is 32.1 Å². The van der Waals surface area contributed by atoms with E-state index < -0.39 is 5.79 Å². The molecule has 0 aliphatic carbocycles. The van der Waals surface area contributed by atoms with Crippen LogP contribution in [0.2, 0.25) is 0 Å². The second-order valence-electron chi connectivity index (χ2n) is 4.91. The van der Waals surface area contributed by atoms with Gasteiger partial charge in [-0.1, -0.05) is 31.2 Å². The molecule has 20 heavy (non-hydrogen) atoms. The molecule has 1 saturated heterocycles. The van der Waals surface area contributed by atoms with E-state index in [4.69, 9.17) is 9.47 Å². The van der Waals surface area contributed by atoms with Gasteiger partial charge in [0.15, 0.2) is 5.79 Å². The van der Waals surface area contributed by atoms with Crippen LogP contribution in [-0.2, 0) is 28.2 Å². The number of benzene rings is 1. The highest BCUT2D eigenvalue weighted by atomic mass is 16.7. The number of aryl methyl sites for hydroxylation is 2. The molecular formula is C15H19N3O2. The van der Waals surface area contributed by atoms with Crippen molar-refractivity contribution in [3.63, 3.8) is 0 Å². The Balaban J connectivity index is 1.79. The molecule has 1 aromatic carbocycles. The first-order valence-corrected chi connectivity index (χ1v) is 7.02. The van der Waals surface area contributed by atoms with Gasteiger partial charge in [-0.2, -0.15) is 5.10 Å². The minimum Gasteiger partial charge on any atom is -0.343 e. The van der Waals surface area contributed by atoms with E-state index in [1.54, 1.807) is 17.3 Å². The third kappa shape index (κ3) is 2.59. The molecule has 1 aliphatic heterocycles. The van der Waals surface area contributed by atoms with Crippen molar-refractivity contribution in [1.29, 1.82) is 0 Å². The van der Waals surface area contributed by atoms with Crippen molar-refractivity contribution in [2.24, 2.45) is 0 Å². The van der Waals surface area contributed by atoms with Crippen LogP contribution in [0.4, 0.5) is 0 Å². The maximum atomic E-state index is 5.91. The van der Waals surface area contributed by atoms with Crippen LogP contribution in [0.5, 0.6) is 0 Å². The van der Waals surface area contributed by atoms with Crippen molar-refractivity contribution in [3.8, 4) is 0 Å². The van der Waals surface area contributed by atoms with Gasteiger partial charge in [0.1, 0.15) is 12.7 Å². The molecule has 0 radical (unpaired) electrons. The third-order valence-electron chi connectivity index (χ3n) is 3.69. The lowest BCUT2D eigenvalue weighted by Gasteiger charge is -2.28. The second-order valence-corrected chi connectivity index (χ2v) is 4.91. The average Bonchev–Trinajstić information content (AvgIpc) is 3.17. The summed E-state index contributed by atoms with van der Waals surface area (Å²) in [6.45, 7) is 4.13. The van der Waals surface area contributed by atoms with Crippen LogP contribution >= 0.6 is 0 Å². The Kier molecular flexibility index (Phi) is 3.80. The van der Waals surface area contributed by atoms with E-state index in [9.17, 15) is 0 Å². The number of aromatic nitrogens is 3. The molecule has 106 valence electrons. The van der Waals surface area contributed by atoms with Crippen molar-refractivity contribution < 1.29 is 9.47 Å². The highest BCUT2D eigenvalue weighted by Gasteiger charge is 2.38. The first-order valence-electron chi connectivity index (χ1n) is 7.02. The largest absolute Gasteiger partial charge is 0.343 e. The fourth-order valence-electron chi connectivity index (χ4n) is 2.51. The molecule has 1 fully saturated rings. The maximum absolute atomic E-state index is 5.91. The SMILES string of the molecule is CCc1ccc(C2(CCn3cncn3)OCCO2)cc1. The number of nitrogens with zero attached hydrogens (tertiary/aromatic N) is 3. The van der Waals surface area contributed by atoms with Gasteiger partial charge in [0.2, 0.25) is 0 Å². The van der Waals surface area contributed by atoms with Gasteiger partial charge in [0.05, 0.1) is 13.2 Å². The monoisotopic (exact) mass is 273 g/mol. The molecule has 0 spiro atoms. The summed E-state index contributed by atoms with van der Waals surface area (Å²) in [6, 6.07) is 8.48. The Morgan fingerprint density at radius 3 is 2.55 bits per heavy atom. The molecule has 5 nitrogen and oxygen atoms in total. The van der Waals surface area contributed by atoms with Gasteiger partial charge >= 0.3 is 0 Å². The summed E-state index contributed by atoms with van der Waals surface area (Å²) in [5.74, 6) is -0.641. The third-order valence-corrected chi connectivity index (χ3v) is 3.69. The van der Waals surface area contributed by atoms with Gasteiger partial charge in [0.25, 0.3) is 0 Å². The van der Waals surface area contributed by atoms with Crippen LogP contribution < -0.4 is 0 Å². The fraction of sp³-hybridized carbons (Fsp3) is 0.467. The lowest BCUT2D eigenvalue weighted by Crippen LogP contribution is -2.29. The zero-order chi connectivity index (χ0) is 13.8. The van der Waals surface area contributed by atoms with Crippen molar-refractivity contribution >= 4 is 0 Å². The molecule has 5 heteroatoms. The number of rotatable bonds is 5. The first-order chi connectivity index (χ1) is 9.82. The maximum Gasteiger partial charge on any atom is 0.196 e. The van der Waals surface area contributed by atoms with E-state index in [0.717, 1.165) is 24.9 Å². The Morgan fingerprint density at radius 2 is 1.95 bits per heavy atom. The predicted molar refractivity (Wildman–Crippen MR) is 74.0 cm³/mol. The zero-order valence-corrected chi connectivity index (χ0v) is 11.7. The van der Waals surface area contributed by atoms with E-state index in [2.05, 4.69) is 41.3 Å². The van der Waals surface area contributed by atoms with Crippen LogP contribution in [-0.4, -0.2) is 28.0 Å². The van der Waals surface area contributed by atoms with Crippen LogP contribution in [0.1, 0.15) is 24.5 Å². The molecule has 3 rings (SSSR count). The lowest BCUT2D eigenvalue weighted by atomic mass is 10.00. The van der Waals surface area contributed by atoms with E-state index in [0.29, 0.717) is 13.2 Å². The van der Waals surface area contributed by atoms with Gasteiger partial charge in [-0.05, 0) is 12.0 Å². The van der Waals surface area contributed by atoms with Crippen molar-refractivity contribution in [2.75, 3.05) is 13.2 Å². The molecule has 0 bridgehead atoms. The smallest absolute Gasteiger partial charge is 0.196 e. The minimum absolute atomic E-state index is 0.632. The Bertz CT molecular complexity index is 531. The summed E-state index contributed by atoms with van der Waals surface area (Å²) in [7, 11) is 0. The Morgan fingerprint density at radius 1 is 1.20 bits per heavy atom. The van der Waals surface area contributed by atoms with Crippen LogP contribution in [0.3, 0.4) is 0 Å². The molecule has 0 N–H and O–H groups in total. The van der Waals surface area contributed by atoms with Crippen molar-refractivity contribution in [3.05, 3.63) is 48.0 Å². The number of hydrogen-bond donors (Lipinski definition) is 0. The van der Waals surface area contributed by atoms with Gasteiger partial charge < -0.3 is 9.47 Å². The minimum atomic E-state index is -0.641. The summed E-state index contributed by atoms with van der Waals surface area (Å²) in [4.78, 5) is 3.96. The molecule has 2 heterocycles. The number of ether oxygens (including phenoxy) is 2. The molecule has 0 atom stereocenters. The molecule has 0 unspecified atom stereocenters. The molecule has 1 aliphatic rings. The summed E-state index contributed by atoms with van der Waals surface area (Å²) < 4.78 is 13.6. The fourth-order valence-corrected chi connectivity index (χ4v) is 2.51. The van der Waals surface area contributed by atoms with Gasteiger partial charge in [-0.3, -0.25) is 4.68 Å². The predicted octanol–water partition coefficient (Wildman–Crippen LogP) is 2.13. The molecule has 2 aromatic rings. The lowest BCUT2D eigenvalue weighted by molar-refractivity contribution is -0.173. The summed E-state index contributed by atoms with van der Waals surface area (Å²) >= 11 is 0. The van der Waals surface area contributed by atoms with Gasteiger partial charge in [-0.25, -0.2) is 4.98 Å². The van der Waals surface area contributed by atoms with E-state index in [1.165, 1.54) is 5.56 Å². The number of hydrogen-bond acceptors (Lipinski definition) is 4. The topological polar surface area (TPSA) is 49.2 Å². The first kappa shape index (κ1) is 13.3. The van der Waals surface area contributed by atoms with E-state index in [-0.39, 0.29) is 0 Å². The Hall–Kier alpha value is -1.72. The van der Waals surface area contributed by atoms with Gasteiger partial charge in [0, 0.05) is 18.5 Å². The summed E-state index contributed by atoms with van der Waals surface area (Å²) in [5, 5.41) is 4.12. The van der Waals surface area contributed by atoms with E-state index in [1.807, 2.05) is 0 Å². The summed E-state index contributed by atoms with van der Waals surface area (Å²) in [6.07, 6.45) is 5.01. The summed E-state index contributed by atoms with van der Waals surface area (Å²) in [5.41, 5.74) is 2.39. The quantitative estimate of drug-likeness (QED) is 0.837. The van der Waals surface area contributed by atoms with Gasteiger partial charge in [-0.15, -0.1) is 0 Å². The normalized spacial score (nSPS) is 17.4. The average molecular weight is 273 g/mol. The van der Waals surface area contributed by atoms with E-state index >= 15 is 0 Å². The molecule has 1 aromatic heterocycles. The standard InChI is InChI=1S/C15H19N3O2/c1-2-13-3-5-14(6-4-13)15(19-9-10-20-15)7-8-18-12-16-11-17-18/h3-6,11-12H,2,7-10H2,1H3. The Labute approximate surface area is 118 Å². The van der Waals surface area contributed by atoms with Crippen LogP contribution in [0.15, 0.2) is 36.9 Å². The highest BCUT2D eigenvalue weighted by molar-refractivity contribution is 5.26. The zero-order valence-electron chi connectivity index (χ0n) is 11.7. The highest BCUT2D eigenvalue weighted by Crippen LogP contribution is 2.35. The molecule has 0 amide bonds. The second kappa shape index (κ2) is 5.73. The van der Waals surface area contributed by atoms with Crippen molar-refractivity contribution in [1.82, 2.24) is 14.8 Å². The van der Waals surface area contributed by atoms with Crippen LogP contribution in [0.25, 0.3) is 0 Å². The molecule has 0 saturated carbocycles. The van der Waals surface area contributed by atoms with Crippen LogP contribution in [0, 0.1) is 0 Å².